The monoisotopic (exact) mass is 327 g/mol. The number of hydrogen-bond acceptors (Lipinski definition) is 5. The van der Waals surface area contributed by atoms with Gasteiger partial charge in [-0.2, -0.15) is 0 Å². The number of rotatable bonds is 3. The van der Waals surface area contributed by atoms with E-state index in [1.807, 2.05) is 25.1 Å². The zero-order valence-corrected chi connectivity index (χ0v) is 13.4. The van der Waals surface area contributed by atoms with E-state index in [9.17, 15) is 14.4 Å². The molecular weight excluding hydrogens is 310 g/mol. The van der Waals surface area contributed by atoms with Crippen LogP contribution in [0.3, 0.4) is 0 Å². The minimum absolute atomic E-state index is 0.0584. The van der Waals surface area contributed by atoms with Crippen molar-refractivity contribution in [3.8, 4) is 0 Å². The van der Waals surface area contributed by atoms with Crippen LogP contribution in [0.1, 0.15) is 12.5 Å². The average molecular weight is 327 g/mol. The topological polar surface area (TPSA) is 72.9 Å². The van der Waals surface area contributed by atoms with E-state index in [2.05, 4.69) is 0 Å². The predicted molar refractivity (Wildman–Crippen MR) is 84.0 cm³/mol. The first-order valence-electron chi connectivity index (χ1n) is 7.88. The molecule has 0 N–H and O–H groups in total. The van der Waals surface area contributed by atoms with E-state index in [-0.39, 0.29) is 18.4 Å². The van der Waals surface area contributed by atoms with Gasteiger partial charge in [-0.25, -0.2) is 4.90 Å². The smallest absolute Gasteiger partial charge is 0.302 e. The van der Waals surface area contributed by atoms with Gasteiger partial charge in [0.1, 0.15) is 12.2 Å². The molecule has 3 aliphatic rings. The van der Waals surface area contributed by atoms with Gasteiger partial charge in [0, 0.05) is 6.92 Å². The summed E-state index contributed by atoms with van der Waals surface area (Å²) in [4.78, 5) is 38.3. The molecule has 2 saturated heterocycles. The number of carbonyl (C=O) groups is 3. The SMILES string of the molecule is CC(=O)OC[C@@]12C=C[C@@H](O1)[C@@H]1C(=O)N(c3cccc(C)c3)C(=O)[C@@H]12. The quantitative estimate of drug-likeness (QED) is 0.476. The van der Waals surface area contributed by atoms with Crippen molar-refractivity contribution in [2.24, 2.45) is 11.8 Å². The number of nitrogens with zero attached hydrogens (tertiary/aromatic N) is 1. The highest BCUT2D eigenvalue weighted by molar-refractivity contribution is 6.23. The van der Waals surface area contributed by atoms with Crippen LogP contribution in [0, 0.1) is 18.8 Å². The van der Waals surface area contributed by atoms with E-state index in [0.717, 1.165) is 5.56 Å². The lowest BCUT2D eigenvalue weighted by molar-refractivity contribution is -0.150. The van der Waals surface area contributed by atoms with Crippen molar-refractivity contribution < 1.29 is 23.9 Å². The molecule has 124 valence electrons. The van der Waals surface area contributed by atoms with Crippen LogP contribution in [0.15, 0.2) is 36.4 Å². The van der Waals surface area contributed by atoms with Gasteiger partial charge in [0.15, 0.2) is 0 Å². The third kappa shape index (κ3) is 1.96. The van der Waals surface area contributed by atoms with Crippen LogP contribution in [0.4, 0.5) is 5.69 Å². The van der Waals surface area contributed by atoms with Crippen LogP contribution >= 0.6 is 0 Å². The van der Waals surface area contributed by atoms with Crippen LogP contribution < -0.4 is 4.90 Å². The molecule has 2 amide bonds. The molecule has 0 unspecified atom stereocenters. The summed E-state index contributed by atoms with van der Waals surface area (Å²) in [7, 11) is 0. The fraction of sp³-hybridized carbons (Fsp3) is 0.389. The van der Waals surface area contributed by atoms with Crippen LogP contribution in [0.5, 0.6) is 0 Å². The van der Waals surface area contributed by atoms with Crippen molar-refractivity contribution in [3.05, 3.63) is 42.0 Å². The normalized spacial score (nSPS) is 33.2. The zero-order valence-electron chi connectivity index (χ0n) is 13.4. The summed E-state index contributed by atoms with van der Waals surface area (Å²) in [6.45, 7) is 3.16. The van der Waals surface area contributed by atoms with Gasteiger partial charge in [-0.05, 0) is 30.7 Å². The Morgan fingerprint density at radius 2 is 2.12 bits per heavy atom. The van der Waals surface area contributed by atoms with Crippen molar-refractivity contribution in [2.75, 3.05) is 11.5 Å². The molecule has 0 radical (unpaired) electrons. The summed E-state index contributed by atoms with van der Waals surface area (Å²) in [5.74, 6) is -2.21. The largest absolute Gasteiger partial charge is 0.462 e. The molecule has 24 heavy (non-hydrogen) atoms. The van der Waals surface area contributed by atoms with E-state index in [4.69, 9.17) is 9.47 Å². The molecule has 0 saturated carbocycles. The first kappa shape index (κ1) is 15.1. The van der Waals surface area contributed by atoms with Crippen LogP contribution in [0.2, 0.25) is 0 Å². The van der Waals surface area contributed by atoms with E-state index in [1.54, 1.807) is 18.2 Å². The Labute approximate surface area is 139 Å². The summed E-state index contributed by atoms with van der Waals surface area (Å²) in [5.41, 5.74) is 0.505. The number of anilines is 1. The number of ether oxygens (including phenoxy) is 2. The summed E-state index contributed by atoms with van der Waals surface area (Å²) in [6, 6.07) is 7.29. The molecule has 2 bridgehead atoms. The molecule has 0 aliphatic carbocycles. The number of benzene rings is 1. The van der Waals surface area contributed by atoms with E-state index >= 15 is 0 Å². The fourth-order valence-electron chi connectivity index (χ4n) is 3.90. The maximum Gasteiger partial charge on any atom is 0.302 e. The van der Waals surface area contributed by atoms with Crippen molar-refractivity contribution in [1.82, 2.24) is 0 Å². The first-order valence-corrected chi connectivity index (χ1v) is 7.88. The molecule has 4 atom stereocenters. The Kier molecular flexibility index (Phi) is 3.15. The molecule has 1 aromatic rings. The minimum atomic E-state index is -1.04. The third-order valence-electron chi connectivity index (χ3n) is 4.92. The molecule has 6 heteroatoms. The van der Waals surface area contributed by atoms with Crippen molar-refractivity contribution >= 4 is 23.5 Å². The summed E-state index contributed by atoms with van der Waals surface area (Å²) < 4.78 is 11.0. The molecular formula is C18H17NO5. The summed E-state index contributed by atoms with van der Waals surface area (Å²) >= 11 is 0. The highest BCUT2D eigenvalue weighted by atomic mass is 16.6. The van der Waals surface area contributed by atoms with Crippen LogP contribution in [-0.4, -0.2) is 36.1 Å². The lowest BCUT2D eigenvalue weighted by Crippen LogP contribution is -2.44. The molecule has 3 aliphatic heterocycles. The Balaban J connectivity index is 1.70. The average Bonchev–Trinajstić information content (AvgIpc) is 3.16. The Morgan fingerprint density at radius 1 is 1.33 bits per heavy atom. The van der Waals surface area contributed by atoms with Crippen molar-refractivity contribution in [1.29, 1.82) is 0 Å². The van der Waals surface area contributed by atoms with E-state index in [1.165, 1.54) is 11.8 Å². The number of fused-ring (bicyclic) bond motifs is 5. The van der Waals surface area contributed by atoms with E-state index in [0.29, 0.717) is 5.69 Å². The molecule has 0 aromatic heterocycles. The standard InChI is InChI=1S/C18H17NO5/c1-10-4-3-5-12(8-10)19-16(21)14-13-6-7-18(24-13,9-23-11(2)20)15(14)17(19)22/h3-8,13-15H,9H2,1-2H3/t13-,14+,15-,18-/m1/s1. The number of imide groups is 1. The van der Waals surface area contributed by atoms with Gasteiger partial charge < -0.3 is 9.47 Å². The maximum atomic E-state index is 13.0. The Bertz CT molecular complexity index is 785. The van der Waals surface area contributed by atoms with Crippen LogP contribution in [-0.2, 0) is 23.9 Å². The molecule has 3 heterocycles. The second-order valence-corrected chi connectivity index (χ2v) is 6.53. The van der Waals surface area contributed by atoms with Gasteiger partial charge >= 0.3 is 5.97 Å². The van der Waals surface area contributed by atoms with Gasteiger partial charge in [-0.1, -0.05) is 18.2 Å². The number of aryl methyl sites for hydroxylation is 1. The second kappa shape index (κ2) is 5.01. The highest BCUT2D eigenvalue weighted by Crippen LogP contribution is 2.52. The van der Waals surface area contributed by atoms with Gasteiger partial charge in [-0.3, -0.25) is 14.4 Å². The third-order valence-corrected chi connectivity index (χ3v) is 4.92. The van der Waals surface area contributed by atoms with Gasteiger partial charge in [0.25, 0.3) is 0 Å². The minimum Gasteiger partial charge on any atom is -0.462 e. The molecule has 0 spiro atoms. The zero-order chi connectivity index (χ0) is 17.1. The lowest BCUT2D eigenvalue weighted by Gasteiger charge is -2.28. The van der Waals surface area contributed by atoms with Gasteiger partial charge in [0.2, 0.25) is 11.8 Å². The molecule has 6 nitrogen and oxygen atoms in total. The van der Waals surface area contributed by atoms with Crippen molar-refractivity contribution in [3.63, 3.8) is 0 Å². The second-order valence-electron chi connectivity index (χ2n) is 6.53. The molecule has 4 rings (SSSR count). The Morgan fingerprint density at radius 3 is 2.83 bits per heavy atom. The number of esters is 1. The summed E-state index contributed by atoms with van der Waals surface area (Å²) in [5, 5.41) is 0. The van der Waals surface area contributed by atoms with Crippen LogP contribution in [0.25, 0.3) is 0 Å². The fourth-order valence-corrected chi connectivity index (χ4v) is 3.90. The van der Waals surface area contributed by atoms with Gasteiger partial charge in [-0.15, -0.1) is 0 Å². The highest BCUT2D eigenvalue weighted by Gasteiger charge is 2.68. The van der Waals surface area contributed by atoms with E-state index < -0.39 is 29.5 Å². The maximum absolute atomic E-state index is 13.0. The summed E-state index contributed by atoms with van der Waals surface area (Å²) in [6.07, 6.45) is 3.10. The lowest BCUT2D eigenvalue weighted by atomic mass is 9.77. The Hall–Kier alpha value is -2.47. The van der Waals surface area contributed by atoms with Crippen molar-refractivity contribution in [2.45, 2.75) is 25.6 Å². The van der Waals surface area contributed by atoms with Gasteiger partial charge in [0.05, 0.1) is 23.6 Å². The molecule has 1 aromatic carbocycles. The molecule has 2 fully saturated rings. The number of amides is 2. The first-order chi connectivity index (χ1) is 11.4. The number of carbonyl (C=O) groups excluding carboxylic acids is 3. The predicted octanol–water partition coefficient (Wildman–Crippen LogP) is 1.37. The number of hydrogen-bond donors (Lipinski definition) is 0.